The Bertz CT molecular complexity index is 610. The molecule has 2 fully saturated rings. The lowest BCUT2D eigenvalue weighted by Gasteiger charge is -2.32. The molecule has 0 bridgehead atoms. The lowest BCUT2D eigenvalue weighted by atomic mass is 9.96. The van der Waals surface area contributed by atoms with Crippen LogP contribution in [0.3, 0.4) is 0 Å². The Morgan fingerprint density at radius 3 is 2.75 bits per heavy atom. The summed E-state index contributed by atoms with van der Waals surface area (Å²) >= 11 is 0. The summed E-state index contributed by atoms with van der Waals surface area (Å²) in [6, 6.07) is 7.67. The van der Waals surface area contributed by atoms with Crippen molar-refractivity contribution in [3.63, 3.8) is 0 Å². The average molecular weight is 329 g/mol. The van der Waals surface area contributed by atoms with Gasteiger partial charge in [-0.3, -0.25) is 9.59 Å². The van der Waals surface area contributed by atoms with Crippen molar-refractivity contribution in [3.05, 3.63) is 29.8 Å². The van der Waals surface area contributed by atoms with Crippen LogP contribution in [0.5, 0.6) is 0 Å². The lowest BCUT2D eigenvalue weighted by Crippen LogP contribution is -2.45. The fraction of sp³-hybridized carbons (Fsp3) is 0.579. The molecule has 1 N–H and O–H groups in total. The van der Waals surface area contributed by atoms with Crippen LogP contribution in [0.2, 0.25) is 0 Å². The number of rotatable bonds is 5. The predicted octanol–water partition coefficient (Wildman–Crippen LogP) is 2.13. The zero-order valence-electron chi connectivity index (χ0n) is 14.6. The van der Waals surface area contributed by atoms with Crippen molar-refractivity contribution in [3.8, 4) is 0 Å². The second-order valence-corrected chi connectivity index (χ2v) is 7.22. The maximum Gasteiger partial charge on any atom is 0.253 e. The van der Waals surface area contributed by atoms with Gasteiger partial charge in [0.1, 0.15) is 0 Å². The van der Waals surface area contributed by atoms with Crippen molar-refractivity contribution < 1.29 is 9.59 Å². The van der Waals surface area contributed by atoms with Crippen molar-refractivity contribution in [2.24, 2.45) is 11.8 Å². The predicted molar refractivity (Wildman–Crippen MR) is 95.1 cm³/mol. The van der Waals surface area contributed by atoms with Crippen LogP contribution in [-0.4, -0.2) is 50.4 Å². The van der Waals surface area contributed by atoms with Crippen LogP contribution < -0.4 is 10.2 Å². The van der Waals surface area contributed by atoms with Gasteiger partial charge in [0, 0.05) is 45.0 Å². The van der Waals surface area contributed by atoms with E-state index in [0.29, 0.717) is 18.0 Å². The van der Waals surface area contributed by atoms with Gasteiger partial charge in [0.25, 0.3) is 5.91 Å². The summed E-state index contributed by atoms with van der Waals surface area (Å²) in [6.07, 6.45) is 4.23. The van der Waals surface area contributed by atoms with Crippen LogP contribution in [0.1, 0.15) is 36.0 Å². The Kier molecular flexibility index (Phi) is 5.07. The Labute approximate surface area is 144 Å². The molecule has 3 rings (SSSR count). The van der Waals surface area contributed by atoms with Crippen LogP contribution in [0, 0.1) is 11.8 Å². The lowest BCUT2D eigenvalue weighted by molar-refractivity contribution is -0.126. The summed E-state index contributed by atoms with van der Waals surface area (Å²) < 4.78 is 0. The SMILES string of the molecule is CN(C)c1cccc(C(=O)N2CCC[C@@H](C(=O)NCC3CC3)C2)c1. The molecule has 0 spiro atoms. The highest BCUT2D eigenvalue weighted by Crippen LogP contribution is 2.28. The minimum absolute atomic E-state index is 0.0263. The molecule has 1 atom stereocenters. The first kappa shape index (κ1) is 16.8. The van der Waals surface area contributed by atoms with Crippen LogP contribution in [0.4, 0.5) is 5.69 Å². The molecule has 1 saturated carbocycles. The third-order valence-electron chi connectivity index (χ3n) is 4.95. The van der Waals surface area contributed by atoms with Gasteiger partial charge in [0.15, 0.2) is 0 Å². The molecule has 2 amide bonds. The Morgan fingerprint density at radius 2 is 2.04 bits per heavy atom. The van der Waals surface area contributed by atoms with Gasteiger partial charge in [0.05, 0.1) is 5.92 Å². The van der Waals surface area contributed by atoms with E-state index in [0.717, 1.165) is 31.6 Å². The Hall–Kier alpha value is -2.04. The van der Waals surface area contributed by atoms with Crippen LogP contribution in [-0.2, 0) is 4.79 Å². The molecule has 1 aromatic rings. The normalized spacial score (nSPS) is 20.6. The summed E-state index contributed by atoms with van der Waals surface area (Å²) in [4.78, 5) is 28.9. The largest absolute Gasteiger partial charge is 0.378 e. The summed E-state index contributed by atoms with van der Waals surface area (Å²) in [5.74, 6) is 0.752. The van der Waals surface area contributed by atoms with Crippen LogP contribution >= 0.6 is 0 Å². The molecular formula is C19H27N3O2. The zero-order valence-corrected chi connectivity index (χ0v) is 14.6. The molecule has 1 aliphatic heterocycles. The number of likely N-dealkylation sites (tertiary alicyclic amines) is 1. The summed E-state index contributed by atoms with van der Waals surface area (Å²) in [5, 5.41) is 3.05. The fourth-order valence-corrected chi connectivity index (χ4v) is 3.19. The molecule has 130 valence electrons. The van der Waals surface area contributed by atoms with E-state index in [1.165, 1.54) is 12.8 Å². The van der Waals surface area contributed by atoms with Crippen molar-refractivity contribution in [2.75, 3.05) is 38.6 Å². The highest BCUT2D eigenvalue weighted by atomic mass is 16.2. The van der Waals surface area contributed by atoms with Gasteiger partial charge in [-0.1, -0.05) is 6.07 Å². The third kappa shape index (κ3) is 4.08. The number of piperidine rings is 1. The number of nitrogens with zero attached hydrogens (tertiary/aromatic N) is 2. The van der Waals surface area contributed by atoms with E-state index < -0.39 is 0 Å². The first-order valence-electron chi connectivity index (χ1n) is 8.89. The topological polar surface area (TPSA) is 52.7 Å². The number of carbonyl (C=O) groups excluding carboxylic acids is 2. The second-order valence-electron chi connectivity index (χ2n) is 7.22. The molecule has 0 aromatic heterocycles. The molecule has 1 heterocycles. The minimum atomic E-state index is -0.0709. The molecule has 1 saturated heterocycles. The van der Waals surface area contributed by atoms with E-state index in [1.54, 1.807) is 0 Å². The maximum absolute atomic E-state index is 12.8. The zero-order chi connectivity index (χ0) is 17.1. The van der Waals surface area contributed by atoms with Gasteiger partial charge < -0.3 is 15.1 Å². The average Bonchev–Trinajstić information content (AvgIpc) is 3.43. The van der Waals surface area contributed by atoms with Crippen molar-refractivity contribution in [2.45, 2.75) is 25.7 Å². The van der Waals surface area contributed by atoms with E-state index >= 15 is 0 Å². The number of hydrogen-bond acceptors (Lipinski definition) is 3. The van der Waals surface area contributed by atoms with Gasteiger partial charge >= 0.3 is 0 Å². The molecular weight excluding hydrogens is 302 g/mol. The molecule has 2 aliphatic rings. The molecule has 5 heteroatoms. The van der Waals surface area contributed by atoms with E-state index in [1.807, 2.05) is 48.2 Å². The molecule has 1 aliphatic carbocycles. The Morgan fingerprint density at radius 1 is 1.25 bits per heavy atom. The van der Waals surface area contributed by atoms with Gasteiger partial charge in [-0.2, -0.15) is 0 Å². The van der Waals surface area contributed by atoms with Gasteiger partial charge in [0.2, 0.25) is 5.91 Å². The van der Waals surface area contributed by atoms with Crippen LogP contribution in [0.15, 0.2) is 24.3 Å². The van der Waals surface area contributed by atoms with E-state index in [2.05, 4.69) is 5.32 Å². The minimum Gasteiger partial charge on any atom is -0.378 e. The van der Waals surface area contributed by atoms with E-state index in [4.69, 9.17) is 0 Å². The number of nitrogens with one attached hydrogen (secondary N) is 1. The van der Waals surface area contributed by atoms with Crippen molar-refractivity contribution in [1.29, 1.82) is 0 Å². The van der Waals surface area contributed by atoms with Crippen molar-refractivity contribution >= 4 is 17.5 Å². The van der Waals surface area contributed by atoms with Gasteiger partial charge in [-0.05, 0) is 49.8 Å². The molecule has 0 radical (unpaired) electrons. The molecule has 5 nitrogen and oxygen atoms in total. The Balaban J connectivity index is 1.61. The third-order valence-corrected chi connectivity index (χ3v) is 4.95. The monoisotopic (exact) mass is 329 g/mol. The smallest absolute Gasteiger partial charge is 0.253 e. The first-order chi connectivity index (χ1) is 11.5. The standard InChI is InChI=1S/C19H27N3O2/c1-21(2)17-7-3-5-15(11-17)19(24)22-10-4-6-16(13-22)18(23)20-12-14-8-9-14/h3,5,7,11,14,16H,4,6,8-10,12-13H2,1-2H3,(H,20,23)/t16-/m1/s1. The molecule has 24 heavy (non-hydrogen) atoms. The highest BCUT2D eigenvalue weighted by molar-refractivity contribution is 5.95. The second kappa shape index (κ2) is 7.24. The number of carbonyl (C=O) groups is 2. The number of hydrogen-bond donors (Lipinski definition) is 1. The summed E-state index contributed by atoms with van der Waals surface area (Å²) in [7, 11) is 3.93. The summed E-state index contributed by atoms with van der Waals surface area (Å²) in [5.41, 5.74) is 1.71. The van der Waals surface area contributed by atoms with Crippen LogP contribution in [0.25, 0.3) is 0 Å². The quantitative estimate of drug-likeness (QED) is 0.900. The number of benzene rings is 1. The number of anilines is 1. The fourth-order valence-electron chi connectivity index (χ4n) is 3.19. The maximum atomic E-state index is 12.8. The first-order valence-corrected chi connectivity index (χ1v) is 8.89. The van der Waals surface area contributed by atoms with Crippen molar-refractivity contribution in [1.82, 2.24) is 10.2 Å². The summed E-state index contributed by atoms with van der Waals surface area (Å²) in [6.45, 7) is 2.06. The van der Waals surface area contributed by atoms with E-state index in [-0.39, 0.29) is 17.7 Å². The molecule has 0 unspecified atom stereocenters. The number of amides is 2. The van der Waals surface area contributed by atoms with Gasteiger partial charge in [-0.25, -0.2) is 0 Å². The van der Waals surface area contributed by atoms with Gasteiger partial charge in [-0.15, -0.1) is 0 Å². The highest BCUT2D eigenvalue weighted by Gasteiger charge is 2.30. The van der Waals surface area contributed by atoms with E-state index in [9.17, 15) is 9.59 Å². The molecule has 1 aromatic carbocycles.